The minimum absolute atomic E-state index is 0.195. The van der Waals surface area contributed by atoms with Crippen LogP contribution in [-0.4, -0.2) is 9.78 Å². The highest BCUT2D eigenvalue weighted by atomic mass is 79.9. The second-order valence-electron chi connectivity index (χ2n) is 3.87. The first-order valence-corrected chi connectivity index (χ1v) is 5.89. The molecule has 0 atom stereocenters. The molecule has 0 saturated carbocycles. The van der Waals surface area contributed by atoms with Crippen LogP contribution in [0.5, 0.6) is 0 Å². The van der Waals surface area contributed by atoms with Gasteiger partial charge >= 0.3 is 0 Å². The van der Waals surface area contributed by atoms with Crippen LogP contribution in [-0.2, 0) is 0 Å². The lowest BCUT2D eigenvalue weighted by Gasteiger charge is -2.11. The first kappa shape index (κ1) is 11.3. The highest BCUT2D eigenvalue weighted by Gasteiger charge is 2.13. The monoisotopic (exact) mass is 282 g/mol. The van der Waals surface area contributed by atoms with Crippen molar-refractivity contribution in [1.29, 1.82) is 0 Å². The van der Waals surface area contributed by atoms with Crippen LogP contribution in [0.25, 0.3) is 11.3 Å². The minimum atomic E-state index is -0.225. The van der Waals surface area contributed by atoms with Gasteiger partial charge < -0.3 is 0 Å². The molecule has 1 aromatic carbocycles. The van der Waals surface area contributed by atoms with Crippen LogP contribution < -0.4 is 0 Å². The molecular weight excluding hydrogens is 271 g/mol. The molecule has 1 heterocycles. The molecule has 0 saturated heterocycles. The van der Waals surface area contributed by atoms with E-state index in [0.29, 0.717) is 5.56 Å². The van der Waals surface area contributed by atoms with Gasteiger partial charge in [0, 0.05) is 11.6 Å². The molecule has 84 valence electrons. The quantitative estimate of drug-likeness (QED) is 0.813. The molecule has 0 fully saturated rings. The molecule has 0 unspecified atom stereocenters. The van der Waals surface area contributed by atoms with Crippen molar-refractivity contribution in [3.05, 3.63) is 40.8 Å². The van der Waals surface area contributed by atoms with E-state index in [1.54, 1.807) is 12.1 Å². The Morgan fingerprint density at radius 2 is 2.00 bits per heavy atom. The first-order valence-electron chi connectivity index (χ1n) is 5.09. The first-order chi connectivity index (χ1) is 7.59. The van der Waals surface area contributed by atoms with Gasteiger partial charge in [-0.15, -0.1) is 0 Å². The second-order valence-corrected chi connectivity index (χ2v) is 4.68. The Labute approximate surface area is 102 Å². The van der Waals surface area contributed by atoms with Crippen molar-refractivity contribution in [3.63, 3.8) is 0 Å². The van der Waals surface area contributed by atoms with Crippen molar-refractivity contribution in [2.75, 3.05) is 0 Å². The average molecular weight is 283 g/mol. The van der Waals surface area contributed by atoms with Gasteiger partial charge in [0.1, 0.15) is 10.4 Å². The van der Waals surface area contributed by atoms with Crippen LogP contribution in [0.1, 0.15) is 19.9 Å². The second kappa shape index (κ2) is 4.37. The summed E-state index contributed by atoms with van der Waals surface area (Å²) in [6, 6.07) is 8.76. The zero-order chi connectivity index (χ0) is 11.7. The van der Waals surface area contributed by atoms with E-state index in [1.165, 1.54) is 6.07 Å². The summed E-state index contributed by atoms with van der Waals surface area (Å²) in [7, 11) is 0. The molecule has 0 spiro atoms. The van der Waals surface area contributed by atoms with E-state index in [0.717, 1.165) is 10.3 Å². The maximum atomic E-state index is 13.7. The molecule has 1 aromatic heterocycles. The number of rotatable bonds is 2. The summed E-state index contributed by atoms with van der Waals surface area (Å²) < 4.78 is 16.2. The van der Waals surface area contributed by atoms with E-state index < -0.39 is 0 Å². The smallest absolute Gasteiger partial charge is 0.132 e. The normalized spacial score (nSPS) is 11.1. The van der Waals surface area contributed by atoms with Crippen molar-refractivity contribution in [3.8, 4) is 11.3 Å². The van der Waals surface area contributed by atoms with Gasteiger partial charge in [0.05, 0.1) is 5.69 Å². The average Bonchev–Trinajstić information content (AvgIpc) is 2.61. The lowest BCUT2D eigenvalue weighted by atomic mass is 10.1. The summed E-state index contributed by atoms with van der Waals surface area (Å²) in [6.07, 6.45) is 0. The van der Waals surface area contributed by atoms with E-state index in [4.69, 9.17) is 0 Å². The predicted molar refractivity (Wildman–Crippen MR) is 65.7 cm³/mol. The largest absolute Gasteiger partial charge is 0.261 e. The fraction of sp³-hybridized carbons (Fsp3) is 0.250. The SMILES string of the molecule is CC(C)n1nc(Br)cc1-c1ccccc1F. The van der Waals surface area contributed by atoms with E-state index in [9.17, 15) is 4.39 Å². The maximum absolute atomic E-state index is 13.7. The van der Waals surface area contributed by atoms with Gasteiger partial charge in [-0.2, -0.15) is 5.10 Å². The number of hydrogen-bond acceptors (Lipinski definition) is 1. The van der Waals surface area contributed by atoms with Gasteiger partial charge in [-0.05, 0) is 48.0 Å². The van der Waals surface area contributed by atoms with Crippen LogP contribution in [0.3, 0.4) is 0 Å². The van der Waals surface area contributed by atoms with Crippen molar-refractivity contribution in [2.24, 2.45) is 0 Å². The van der Waals surface area contributed by atoms with E-state index >= 15 is 0 Å². The molecule has 0 aliphatic rings. The summed E-state index contributed by atoms with van der Waals surface area (Å²) >= 11 is 3.32. The van der Waals surface area contributed by atoms with E-state index in [1.807, 2.05) is 30.7 Å². The Morgan fingerprint density at radius 1 is 1.31 bits per heavy atom. The van der Waals surface area contributed by atoms with Crippen LogP contribution in [0, 0.1) is 5.82 Å². The predicted octanol–water partition coefficient (Wildman–Crippen LogP) is 4.03. The van der Waals surface area contributed by atoms with Gasteiger partial charge in [-0.3, -0.25) is 4.68 Å². The number of hydrogen-bond donors (Lipinski definition) is 0. The summed E-state index contributed by atoms with van der Waals surface area (Å²) in [5, 5.41) is 4.29. The third kappa shape index (κ3) is 2.02. The highest BCUT2D eigenvalue weighted by molar-refractivity contribution is 9.10. The van der Waals surface area contributed by atoms with Crippen molar-refractivity contribution in [2.45, 2.75) is 19.9 Å². The molecule has 4 heteroatoms. The third-order valence-electron chi connectivity index (χ3n) is 2.34. The van der Waals surface area contributed by atoms with Crippen molar-refractivity contribution in [1.82, 2.24) is 9.78 Å². The van der Waals surface area contributed by atoms with Crippen LogP contribution in [0.15, 0.2) is 34.9 Å². The zero-order valence-corrected chi connectivity index (χ0v) is 10.7. The standard InChI is InChI=1S/C12H12BrFN2/c1-8(2)16-11(7-12(13)15-16)9-5-3-4-6-10(9)14/h3-8H,1-2H3. The number of aromatic nitrogens is 2. The molecule has 16 heavy (non-hydrogen) atoms. The Balaban J connectivity index is 2.60. The van der Waals surface area contributed by atoms with E-state index in [2.05, 4.69) is 21.0 Å². The minimum Gasteiger partial charge on any atom is -0.261 e. The molecule has 0 radical (unpaired) electrons. The van der Waals surface area contributed by atoms with Crippen molar-refractivity contribution < 1.29 is 4.39 Å². The lowest BCUT2D eigenvalue weighted by Crippen LogP contribution is -2.05. The molecular formula is C12H12BrFN2. The zero-order valence-electron chi connectivity index (χ0n) is 9.11. The van der Waals surface area contributed by atoms with Crippen molar-refractivity contribution >= 4 is 15.9 Å². The lowest BCUT2D eigenvalue weighted by molar-refractivity contribution is 0.533. The Kier molecular flexibility index (Phi) is 3.10. The van der Waals surface area contributed by atoms with Crippen LogP contribution in [0.2, 0.25) is 0 Å². The Bertz CT molecular complexity index is 505. The Hall–Kier alpha value is -1.16. The molecule has 0 aliphatic heterocycles. The van der Waals surface area contributed by atoms with Gasteiger partial charge in [-0.25, -0.2) is 4.39 Å². The third-order valence-corrected chi connectivity index (χ3v) is 2.73. The molecule has 2 nitrogen and oxygen atoms in total. The molecule has 0 bridgehead atoms. The molecule has 2 aromatic rings. The topological polar surface area (TPSA) is 17.8 Å². The van der Waals surface area contributed by atoms with E-state index in [-0.39, 0.29) is 11.9 Å². The highest BCUT2D eigenvalue weighted by Crippen LogP contribution is 2.27. The molecule has 0 N–H and O–H groups in total. The molecule has 0 amide bonds. The van der Waals surface area contributed by atoms with Gasteiger partial charge in [-0.1, -0.05) is 12.1 Å². The fourth-order valence-corrected chi connectivity index (χ4v) is 2.02. The van der Waals surface area contributed by atoms with Gasteiger partial charge in [0.2, 0.25) is 0 Å². The number of benzene rings is 1. The van der Waals surface area contributed by atoms with Gasteiger partial charge in [0.15, 0.2) is 0 Å². The molecule has 2 rings (SSSR count). The maximum Gasteiger partial charge on any atom is 0.132 e. The summed E-state index contributed by atoms with van der Waals surface area (Å²) in [6.45, 7) is 4.04. The fourth-order valence-electron chi connectivity index (χ4n) is 1.63. The summed E-state index contributed by atoms with van der Waals surface area (Å²) in [4.78, 5) is 0. The van der Waals surface area contributed by atoms with Crippen LogP contribution in [0.4, 0.5) is 4.39 Å². The number of nitrogens with zero attached hydrogens (tertiary/aromatic N) is 2. The Morgan fingerprint density at radius 3 is 2.62 bits per heavy atom. The van der Waals surface area contributed by atoms with Gasteiger partial charge in [0.25, 0.3) is 0 Å². The summed E-state index contributed by atoms with van der Waals surface area (Å²) in [5.74, 6) is -0.225. The van der Waals surface area contributed by atoms with Crippen LogP contribution >= 0.6 is 15.9 Å². The number of halogens is 2. The summed E-state index contributed by atoms with van der Waals surface area (Å²) in [5.41, 5.74) is 1.37. The molecule has 0 aliphatic carbocycles.